The molecule has 1 fully saturated rings. The lowest BCUT2D eigenvalue weighted by Gasteiger charge is -2.10. The van der Waals surface area contributed by atoms with Crippen molar-refractivity contribution in [1.82, 2.24) is 0 Å². The van der Waals surface area contributed by atoms with Gasteiger partial charge in [-0.3, -0.25) is 0 Å². The molecular weight excluding hydrogens is 208 g/mol. The van der Waals surface area contributed by atoms with E-state index in [-0.39, 0.29) is 5.38 Å². The van der Waals surface area contributed by atoms with Gasteiger partial charge in [0.05, 0.1) is 12.0 Å². The molecule has 1 aromatic carbocycles. The molecule has 82 valence electrons. The molecule has 0 heterocycles. The molecule has 3 atom stereocenters. The van der Waals surface area contributed by atoms with Crippen LogP contribution in [0.3, 0.4) is 0 Å². The molecule has 15 heavy (non-hydrogen) atoms. The molecule has 1 aliphatic carbocycles. The Balaban J connectivity index is 2.03. The van der Waals surface area contributed by atoms with E-state index in [0.29, 0.717) is 12.5 Å². The van der Waals surface area contributed by atoms with Gasteiger partial charge in [0.15, 0.2) is 0 Å². The Morgan fingerprint density at radius 3 is 2.47 bits per heavy atom. The van der Waals surface area contributed by atoms with Gasteiger partial charge in [-0.15, -0.1) is 11.6 Å². The zero-order chi connectivity index (χ0) is 10.8. The maximum atomic E-state index is 6.39. The maximum absolute atomic E-state index is 6.39. The van der Waals surface area contributed by atoms with Crippen LogP contribution in [0, 0.1) is 11.8 Å². The second kappa shape index (κ2) is 4.44. The molecule has 3 unspecified atom stereocenters. The van der Waals surface area contributed by atoms with E-state index in [1.54, 1.807) is 0 Å². The minimum Gasteiger partial charge on any atom is -0.494 e. The van der Waals surface area contributed by atoms with Crippen LogP contribution in [0.25, 0.3) is 0 Å². The predicted molar refractivity (Wildman–Crippen MR) is 63.5 cm³/mol. The second-order valence-electron chi connectivity index (χ2n) is 4.28. The second-order valence-corrected chi connectivity index (χ2v) is 4.75. The van der Waals surface area contributed by atoms with Crippen LogP contribution in [0.15, 0.2) is 24.3 Å². The van der Waals surface area contributed by atoms with Crippen LogP contribution < -0.4 is 4.74 Å². The lowest BCUT2D eigenvalue weighted by Crippen LogP contribution is -1.95. The van der Waals surface area contributed by atoms with E-state index >= 15 is 0 Å². The summed E-state index contributed by atoms with van der Waals surface area (Å²) in [5, 5.41) is 0.177. The van der Waals surface area contributed by atoms with Crippen LogP contribution in [0.5, 0.6) is 5.75 Å². The molecule has 1 aromatic rings. The van der Waals surface area contributed by atoms with Crippen LogP contribution in [0.4, 0.5) is 0 Å². The Kier molecular flexibility index (Phi) is 3.20. The molecule has 0 spiro atoms. The number of benzene rings is 1. The van der Waals surface area contributed by atoms with Gasteiger partial charge in [-0.05, 0) is 42.9 Å². The first-order chi connectivity index (χ1) is 7.22. The molecule has 0 amide bonds. The third-order valence-corrected chi connectivity index (χ3v) is 3.63. The van der Waals surface area contributed by atoms with E-state index < -0.39 is 0 Å². The average Bonchev–Trinajstić information content (AvgIpc) is 2.96. The predicted octanol–water partition coefficient (Wildman–Crippen LogP) is 4.02. The summed E-state index contributed by atoms with van der Waals surface area (Å²) in [6.07, 6.45) is 1.27. The first-order valence-corrected chi connectivity index (χ1v) is 6.03. The van der Waals surface area contributed by atoms with E-state index in [9.17, 15) is 0 Å². The molecule has 2 heteroatoms. The standard InChI is InChI=1S/C13H17ClO/c1-3-15-11-6-4-10(5-7-11)13(14)12-8-9(12)2/h4-7,9,12-13H,3,8H2,1-2H3. The SMILES string of the molecule is CCOc1ccc(C(Cl)C2CC2C)cc1. The topological polar surface area (TPSA) is 9.23 Å². The van der Waals surface area contributed by atoms with Gasteiger partial charge < -0.3 is 4.74 Å². The molecule has 0 N–H and O–H groups in total. The fourth-order valence-corrected chi connectivity index (χ4v) is 2.42. The Labute approximate surface area is 96.4 Å². The van der Waals surface area contributed by atoms with Gasteiger partial charge >= 0.3 is 0 Å². The van der Waals surface area contributed by atoms with Crippen molar-refractivity contribution in [3.63, 3.8) is 0 Å². The van der Waals surface area contributed by atoms with Crippen molar-refractivity contribution in [2.24, 2.45) is 11.8 Å². The minimum atomic E-state index is 0.177. The van der Waals surface area contributed by atoms with Crippen LogP contribution in [0.1, 0.15) is 31.2 Å². The molecule has 1 aliphatic rings. The van der Waals surface area contributed by atoms with E-state index in [1.165, 1.54) is 12.0 Å². The molecule has 1 nitrogen and oxygen atoms in total. The number of rotatable bonds is 4. The first-order valence-electron chi connectivity index (χ1n) is 5.59. The monoisotopic (exact) mass is 224 g/mol. The molecule has 2 rings (SSSR count). The molecule has 0 aliphatic heterocycles. The van der Waals surface area contributed by atoms with Crippen molar-refractivity contribution in [1.29, 1.82) is 0 Å². The number of alkyl halides is 1. The molecule has 0 radical (unpaired) electrons. The molecule has 0 bridgehead atoms. The zero-order valence-electron chi connectivity index (χ0n) is 9.24. The molecular formula is C13H17ClO. The summed E-state index contributed by atoms with van der Waals surface area (Å²) in [6.45, 7) is 4.96. The molecule has 0 aromatic heterocycles. The van der Waals surface area contributed by atoms with Crippen molar-refractivity contribution < 1.29 is 4.74 Å². The Bertz CT molecular complexity index is 320. The third-order valence-electron chi connectivity index (χ3n) is 3.06. The van der Waals surface area contributed by atoms with Gasteiger partial charge in [-0.25, -0.2) is 0 Å². The Hall–Kier alpha value is -0.690. The number of hydrogen-bond acceptors (Lipinski definition) is 1. The van der Waals surface area contributed by atoms with Gasteiger partial charge in [-0.2, -0.15) is 0 Å². The lowest BCUT2D eigenvalue weighted by molar-refractivity contribution is 0.340. The van der Waals surface area contributed by atoms with Gasteiger partial charge in [-0.1, -0.05) is 19.1 Å². The lowest BCUT2D eigenvalue weighted by atomic mass is 10.1. The summed E-state index contributed by atoms with van der Waals surface area (Å²) in [4.78, 5) is 0. The van der Waals surface area contributed by atoms with Gasteiger partial charge in [0.1, 0.15) is 5.75 Å². The van der Waals surface area contributed by atoms with Gasteiger partial charge in [0.2, 0.25) is 0 Å². The number of ether oxygens (including phenoxy) is 1. The first kappa shape index (κ1) is 10.8. The quantitative estimate of drug-likeness (QED) is 0.702. The zero-order valence-corrected chi connectivity index (χ0v) is 10.00. The highest BCUT2D eigenvalue weighted by Crippen LogP contribution is 2.50. The van der Waals surface area contributed by atoms with Crippen molar-refractivity contribution >= 4 is 11.6 Å². The highest BCUT2D eigenvalue weighted by molar-refractivity contribution is 6.21. The smallest absolute Gasteiger partial charge is 0.119 e. The molecule has 1 saturated carbocycles. The highest BCUT2D eigenvalue weighted by atomic mass is 35.5. The van der Waals surface area contributed by atoms with E-state index in [1.807, 2.05) is 19.1 Å². The summed E-state index contributed by atoms with van der Waals surface area (Å²) in [5.74, 6) is 2.39. The van der Waals surface area contributed by atoms with Gasteiger partial charge in [0, 0.05) is 0 Å². The fraction of sp³-hybridized carbons (Fsp3) is 0.538. The van der Waals surface area contributed by atoms with E-state index in [4.69, 9.17) is 16.3 Å². The summed E-state index contributed by atoms with van der Waals surface area (Å²) in [6, 6.07) is 8.16. The fourth-order valence-electron chi connectivity index (χ4n) is 1.92. The minimum absolute atomic E-state index is 0.177. The maximum Gasteiger partial charge on any atom is 0.119 e. The van der Waals surface area contributed by atoms with Crippen molar-refractivity contribution in [2.45, 2.75) is 25.6 Å². The third kappa shape index (κ3) is 2.46. The normalized spacial score (nSPS) is 26.1. The van der Waals surface area contributed by atoms with E-state index in [0.717, 1.165) is 11.7 Å². The van der Waals surface area contributed by atoms with E-state index in [2.05, 4.69) is 19.1 Å². The largest absolute Gasteiger partial charge is 0.494 e. The number of hydrogen-bond donors (Lipinski definition) is 0. The van der Waals surface area contributed by atoms with Gasteiger partial charge in [0.25, 0.3) is 0 Å². The Morgan fingerprint density at radius 2 is 2.00 bits per heavy atom. The van der Waals surface area contributed by atoms with Crippen LogP contribution in [-0.2, 0) is 0 Å². The van der Waals surface area contributed by atoms with Crippen molar-refractivity contribution in [2.75, 3.05) is 6.61 Å². The summed E-state index contributed by atoms with van der Waals surface area (Å²) >= 11 is 6.39. The summed E-state index contributed by atoms with van der Waals surface area (Å²) in [5.41, 5.74) is 1.22. The Morgan fingerprint density at radius 1 is 1.40 bits per heavy atom. The van der Waals surface area contributed by atoms with Crippen LogP contribution in [-0.4, -0.2) is 6.61 Å². The van der Waals surface area contributed by atoms with Crippen molar-refractivity contribution in [3.05, 3.63) is 29.8 Å². The highest BCUT2D eigenvalue weighted by Gasteiger charge is 2.39. The average molecular weight is 225 g/mol. The number of halogens is 1. The summed E-state index contributed by atoms with van der Waals surface area (Å²) in [7, 11) is 0. The van der Waals surface area contributed by atoms with Crippen LogP contribution >= 0.6 is 11.6 Å². The van der Waals surface area contributed by atoms with Crippen LogP contribution in [0.2, 0.25) is 0 Å². The molecule has 0 saturated heterocycles. The van der Waals surface area contributed by atoms with Crippen molar-refractivity contribution in [3.8, 4) is 5.75 Å². The summed E-state index contributed by atoms with van der Waals surface area (Å²) < 4.78 is 5.39.